The number of carbonyl (C=O) groups excluding carboxylic acids is 2. The molecule has 0 bridgehead atoms. The quantitative estimate of drug-likeness (QED) is 0.677. The smallest absolute Gasteiger partial charge is 0.264 e. The summed E-state index contributed by atoms with van der Waals surface area (Å²) in [5.74, 6) is -0.866. The molecule has 1 fully saturated rings. The number of nitrogens with zero attached hydrogens (tertiary/aromatic N) is 2. The second-order valence-electron chi connectivity index (χ2n) is 8.36. The lowest BCUT2D eigenvalue weighted by Gasteiger charge is -2.35. The molecule has 8 nitrogen and oxygen atoms in total. The monoisotopic (exact) mass is 468 g/mol. The summed E-state index contributed by atoms with van der Waals surface area (Å²) in [5.41, 5.74) is 2.08. The van der Waals surface area contributed by atoms with Crippen LogP contribution in [0, 0.1) is 6.92 Å². The molecule has 2 aliphatic heterocycles. The average Bonchev–Trinajstić information content (AvgIpc) is 2.81. The van der Waals surface area contributed by atoms with Crippen LogP contribution < -0.4 is 15.5 Å². The van der Waals surface area contributed by atoms with E-state index in [0.29, 0.717) is 0 Å². The fourth-order valence-electron chi connectivity index (χ4n) is 4.15. The van der Waals surface area contributed by atoms with Gasteiger partial charge in [0, 0.05) is 37.2 Å². The first kappa shape index (κ1) is 22.8. The highest BCUT2D eigenvalue weighted by Gasteiger charge is 2.37. The molecule has 0 unspecified atom stereocenters. The van der Waals surface area contributed by atoms with Crippen molar-refractivity contribution in [3.8, 4) is 0 Å². The number of piperidine rings is 1. The van der Waals surface area contributed by atoms with Crippen LogP contribution in [0.1, 0.15) is 24.8 Å². The molecule has 0 radical (unpaired) electrons. The Morgan fingerprint density at radius 2 is 1.73 bits per heavy atom. The van der Waals surface area contributed by atoms with Gasteiger partial charge in [-0.25, -0.2) is 8.42 Å². The predicted molar refractivity (Wildman–Crippen MR) is 126 cm³/mol. The number of benzene rings is 2. The summed E-state index contributed by atoms with van der Waals surface area (Å²) in [6.07, 6.45) is 3.89. The van der Waals surface area contributed by atoms with Crippen molar-refractivity contribution in [1.82, 2.24) is 14.9 Å². The van der Waals surface area contributed by atoms with Gasteiger partial charge in [0.05, 0.1) is 11.3 Å². The van der Waals surface area contributed by atoms with Crippen LogP contribution in [0.25, 0.3) is 0 Å². The van der Waals surface area contributed by atoms with Crippen LogP contribution in [-0.2, 0) is 19.6 Å². The molecule has 0 aromatic heterocycles. The van der Waals surface area contributed by atoms with E-state index in [2.05, 4.69) is 27.7 Å². The van der Waals surface area contributed by atoms with Gasteiger partial charge >= 0.3 is 0 Å². The molecule has 33 heavy (non-hydrogen) atoms. The van der Waals surface area contributed by atoms with E-state index in [1.807, 2.05) is 25.1 Å². The summed E-state index contributed by atoms with van der Waals surface area (Å²) in [6.45, 7) is 3.49. The van der Waals surface area contributed by atoms with E-state index in [-0.39, 0.29) is 23.3 Å². The second-order valence-corrected chi connectivity index (χ2v) is 10.2. The molecule has 0 aliphatic carbocycles. The highest BCUT2D eigenvalue weighted by molar-refractivity contribution is 7.89. The van der Waals surface area contributed by atoms with Crippen molar-refractivity contribution in [2.75, 3.05) is 18.0 Å². The second kappa shape index (κ2) is 9.66. The van der Waals surface area contributed by atoms with E-state index in [0.717, 1.165) is 41.5 Å². The molecule has 2 aromatic rings. The third-order valence-corrected chi connectivity index (χ3v) is 7.81. The maximum Gasteiger partial charge on any atom is 0.264 e. The zero-order valence-corrected chi connectivity index (χ0v) is 19.3. The number of anilines is 1. The van der Waals surface area contributed by atoms with Crippen molar-refractivity contribution in [3.63, 3.8) is 0 Å². The number of carbonyl (C=O) groups is 2. The van der Waals surface area contributed by atoms with E-state index in [4.69, 9.17) is 0 Å². The minimum Gasteiger partial charge on any atom is -0.371 e. The number of sulfonamides is 1. The molecule has 2 heterocycles. The summed E-state index contributed by atoms with van der Waals surface area (Å²) in [4.78, 5) is 27.6. The van der Waals surface area contributed by atoms with Crippen molar-refractivity contribution >= 4 is 27.5 Å². The number of para-hydroxylation sites is 1. The van der Waals surface area contributed by atoms with Crippen molar-refractivity contribution in [2.24, 2.45) is 0 Å². The Morgan fingerprint density at radius 3 is 2.39 bits per heavy atom. The highest BCUT2D eigenvalue weighted by atomic mass is 32.2. The Labute approximate surface area is 194 Å². The molecule has 2 amide bonds. The molecular formula is C24H28N4O4S. The molecule has 4 rings (SSSR count). The Morgan fingerprint density at radius 1 is 1.06 bits per heavy atom. The van der Waals surface area contributed by atoms with Crippen molar-refractivity contribution in [1.29, 1.82) is 0 Å². The van der Waals surface area contributed by atoms with Gasteiger partial charge in [-0.1, -0.05) is 35.9 Å². The fraction of sp³-hybridized carbons (Fsp3) is 0.333. The van der Waals surface area contributed by atoms with Crippen LogP contribution in [0.4, 0.5) is 5.69 Å². The fourth-order valence-corrected chi connectivity index (χ4v) is 5.60. The van der Waals surface area contributed by atoms with E-state index >= 15 is 0 Å². The maximum atomic E-state index is 13.2. The van der Waals surface area contributed by atoms with Crippen LogP contribution in [0.2, 0.25) is 0 Å². The molecule has 1 atom stereocenters. The predicted octanol–water partition coefficient (Wildman–Crippen LogP) is 2.13. The van der Waals surface area contributed by atoms with Gasteiger partial charge in [-0.15, -0.1) is 0 Å². The normalized spacial score (nSPS) is 19.3. The number of aryl methyl sites for hydroxylation is 1. The van der Waals surface area contributed by atoms with Gasteiger partial charge in [0.15, 0.2) is 0 Å². The van der Waals surface area contributed by atoms with Gasteiger partial charge in [0.2, 0.25) is 11.8 Å². The summed E-state index contributed by atoms with van der Waals surface area (Å²) < 4.78 is 27.3. The van der Waals surface area contributed by atoms with E-state index in [9.17, 15) is 18.0 Å². The van der Waals surface area contributed by atoms with Gasteiger partial charge in [-0.05, 0) is 44.0 Å². The van der Waals surface area contributed by atoms with E-state index < -0.39 is 22.0 Å². The third-order valence-electron chi connectivity index (χ3n) is 6.01. The van der Waals surface area contributed by atoms with Crippen molar-refractivity contribution in [3.05, 3.63) is 72.6 Å². The van der Waals surface area contributed by atoms with Crippen molar-refractivity contribution in [2.45, 2.75) is 43.2 Å². The number of rotatable bonds is 6. The zero-order valence-electron chi connectivity index (χ0n) is 18.5. The lowest BCUT2D eigenvalue weighted by Crippen LogP contribution is -2.52. The van der Waals surface area contributed by atoms with Crippen LogP contribution in [-0.4, -0.2) is 49.7 Å². The lowest BCUT2D eigenvalue weighted by atomic mass is 10.0. The summed E-state index contributed by atoms with van der Waals surface area (Å²) in [6, 6.07) is 15.4. The Kier molecular flexibility index (Phi) is 6.69. The Hall–Kier alpha value is -3.33. The lowest BCUT2D eigenvalue weighted by molar-refractivity contribution is -0.129. The van der Waals surface area contributed by atoms with Crippen LogP contribution in [0.5, 0.6) is 0 Å². The topological polar surface area (TPSA) is 98.8 Å². The standard InChI is InChI=1S/C24H28N4O4S/c1-18-7-9-21(10-8-18)33(31,32)28-16-13-25-24(30)22(28)17-23(29)26-19-11-14-27(15-12-19)20-5-3-2-4-6-20/h2-10,13,16,19,22H,11-12,14-15,17H2,1H3,(H,25,30)(H,26,29)/t22-/m1/s1. The summed E-state index contributed by atoms with van der Waals surface area (Å²) in [5, 5.41) is 5.50. The van der Waals surface area contributed by atoms with Crippen molar-refractivity contribution < 1.29 is 18.0 Å². The average molecular weight is 469 g/mol. The Balaban J connectivity index is 1.39. The maximum absolute atomic E-state index is 13.2. The molecule has 2 aromatic carbocycles. The first-order chi connectivity index (χ1) is 15.8. The number of hydrogen-bond acceptors (Lipinski definition) is 5. The van der Waals surface area contributed by atoms with Gasteiger partial charge in [0.25, 0.3) is 10.0 Å². The summed E-state index contributed by atoms with van der Waals surface area (Å²) >= 11 is 0. The van der Waals surface area contributed by atoms with E-state index in [1.54, 1.807) is 12.1 Å². The first-order valence-corrected chi connectivity index (χ1v) is 12.5. The molecule has 2 N–H and O–H groups in total. The molecule has 9 heteroatoms. The van der Waals surface area contributed by atoms with Crippen LogP contribution in [0.3, 0.4) is 0 Å². The van der Waals surface area contributed by atoms with Gasteiger partial charge in [0.1, 0.15) is 6.04 Å². The molecule has 1 saturated heterocycles. The minimum atomic E-state index is -3.98. The molecular weight excluding hydrogens is 440 g/mol. The number of hydrogen-bond donors (Lipinski definition) is 2. The third kappa shape index (κ3) is 5.19. The largest absolute Gasteiger partial charge is 0.371 e. The number of amides is 2. The zero-order chi connectivity index (χ0) is 23.4. The Bertz CT molecular complexity index is 1120. The molecule has 174 valence electrons. The number of nitrogens with one attached hydrogen (secondary N) is 2. The molecule has 2 aliphatic rings. The molecule has 0 saturated carbocycles. The minimum absolute atomic E-state index is 0.0122. The molecule has 0 spiro atoms. The van der Waals surface area contributed by atoms with Crippen LogP contribution in [0.15, 0.2) is 71.9 Å². The SMILES string of the molecule is Cc1ccc(S(=O)(=O)N2C=CNC(=O)[C@H]2CC(=O)NC2CCN(c3ccccc3)CC2)cc1. The van der Waals surface area contributed by atoms with Gasteiger partial charge < -0.3 is 15.5 Å². The van der Waals surface area contributed by atoms with E-state index in [1.165, 1.54) is 24.5 Å². The summed E-state index contributed by atoms with van der Waals surface area (Å²) in [7, 11) is -3.98. The van der Waals surface area contributed by atoms with Gasteiger partial charge in [-0.2, -0.15) is 0 Å². The van der Waals surface area contributed by atoms with Crippen LogP contribution >= 0.6 is 0 Å². The van der Waals surface area contributed by atoms with Gasteiger partial charge in [-0.3, -0.25) is 13.9 Å². The first-order valence-electron chi connectivity index (χ1n) is 11.0. The highest BCUT2D eigenvalue weighted by Crippen LogP contribution is 2.23.